The summed E-state index contributed by atoms with van der Waals surface area (Å²) >= 11 is 0. The minimum Gasteiger partial charge on any atom is -0.444 e. The maximum absolute atomic E-state index is 15.2. The first kappa shape index (κ1) is 26.9. The number of nitriles is 1. The van der Waals surface area contributed by atoms with Gasteiger partial charge in [-0.25, -0.2) is 9.18 Å². The van der Waals surface area contributed by atoms with Crippen LogP contribution in [0, 0.1) is 29.0 Å². The number of nitrogens with zero attached hydrogens (tertiary/aromatic N) is 4. The van der Waals surface area contributed by atoms with Crippen molar-refractivity contribution < 1.29 is 23.5 Å². The number of ether oxygens (including phenoxy) is 2. The van der Waals surface area contributed by atoms with Gasteiger partial charge in [0.15, 0.2) is 5.78 Å². The number of ketones is 1. The molecule has 0 spiro atoms. The molecule has 3 aliphatic heterocycles. The number of anilines is 1. The van der Waals surface area contributed by atoms with Crippen LogP contribution in [-0.2, 0) is 20.7 Å². The second-order valence-electron chi connectivity index (χ2n) is 12.4. The number of carbonyl (C=O) groups is 2. The van der Waals surface area contributed by atoms with Gasteiger partial charge in [-0.05, 0) is 77.1 Å². The highest BCUT2D eigenvalue weighted by Gasteiger charge is 2.52. The monoisotopic (exact) mass is 526 g/mol. The van der Waals surface area contributed by atoms with Gasteiger partial charge >= 0.3 is 6.09 Å². The number of fused-ring (bicyclic) bond motifs is 3. The highest BCUT2D eigenvalue weighted by atomic mass is 19.1. The zero-order valence-electron chi connectivity index (χ0n) is 22.9. The third kappa shape index (κ3) is 5.39. The Morgan fingerprint density at radius 1 is 1.26 bits per heavy atom. The molecule has 206 valence electrons. The summed E-state index contributed by atoms with van der Waals surface area (Å²) in [6.07, 6.45) is 2.36. The molecule has 4 fully saturated rings. The SMILES string of the molecule is CN1CCO[C@@H]2CN(c3ccc(C[C@@H](C#N)CC(=O)[C@@H]4[C@H]5CC[C@H](C5)N4C(=O)OC(C)(C)C)c(F)c3)C[C@@H]21. The fraction of sp³-hybridized carbons (Fsp3) is 0.690. The molecule has 38 heavy (non-hydrogen) atoms. The van der Waals surface area contributed by atoms with Crippen LogP contribution >= 0.6 is 0 Å². The number of piperidine rings is 1. The van der Waals surface area contributed by atoms with Crippen LogP contribution in [0.2, 0.25) is 0 Å². The summed E-state index contributed by atoms with van der Waals surface area (Å²) in [5, 5.41) is 9.84. The van der Waals surface area contributed by atoms with Crippen molar-refractivity contribution in [1.82, 2.24) is 9.80 Å². The van der Waals surface area contributed by atoms with Crippen molar-refractivity contribution in [2.45, 2.75) is 82.7 Å². The Kier molecular flexibility index (Phi) is 7.40. The van der Waals surface area contributed by atoms with Crippen LogP contribution in [0.15, 0.2) is 18.2 Å². The lowest BCUT2D eigenvalue weighted by molar-refractivity contribution is -0.126. The lowest BCUT2D eigenvalue weighted by atomic mass is 9.88. The fourth-order valence-corrected chi connectivity index (χ4v) is 6.74. The summed E-state index contributed by atoms with van der Waals surface area (Å²) in [4.78, 5) is 32.4. The molecule has 1 saturated carbocycles. The van der Waals surface area contributed by atoms with Crippen molar-refractivity contribution >= 4 is 17.6 Å². The maximum Gasteiger partial charge on any atom is 0.411 e. The second kappa shape index (κ2) is 10.5. The molecule has 0 unspecified atom stereocenters. The summed E-state index contributed by atoms with van der Waals surface area (Å²) in [6.45, 7) is 8.55. The van der Waals surface area contributed by atoms with E-state index in [1.165, 1.54) is 6.07 Å². The Labute approximate surface area is 224 Å². The highest BCUT2D eigenvalue weighted by Crippen LogP contribution is 2.44. The molecule has 3 heterocycles. The maximum atomic E-state index is 15.2. The first-order chi connectivity index (χ1) is 18.0. The van der Waals surface area contributed by atoms with Crippen LogP contribution in [0.25, 0.3) is 0 Å². The van der Waals surface area contributed by atoms with Crippen LogP contribution in [-0.4, -0.2) is 84.8 Å². The zero-order chi connectivity index (χ0) is 27.2. The largest absolute Gasteiger partial charge is 0.444 e. The molecule has 2 bridgehead atoms. The van der Waals surface area contributed by atoms with E-state index >= 15 is 4.39 Å². The van der Waals surface area contributed by atoms with E-state index in [4.69, 9.17) is 9.47 Å². The van der Waals surface area contributed by atoms with Crippen molar-refractivity contribution in [2.24, 2.45) is 11.8 Å². The van der Waals surface area contributed by atoms with Gasteiger partial charge in [0.1, 0.15) is 11.4 Å². The summed E-state index contributed by atoms with van der Waals surface area (Å²) in [5.74, 6) is -1.06. The van der Waals surface area contributed by atoms with Crippen LogP contribution in [0.3, 0.4) is 0 Å². The van der Waals surface area contributed by atoms with Gasteiger partial charge in [0, 0.05) is 37.8 Å². The highest BCUT2D eigenvalue weighted by molar-refractivity contribution is 5.89. The molecule has 0 radical (unpaired) electrons. The summed E-state index contributed by atoms with van der Waals surface area (Å²) in [7, 11) is 2.10. The summed E-state index contributed by atoms with van der Waals surface area (Å²) in [5.41, 5.74) is 0.578. The van der Waals surface area contributed by atoms with E-state index in [0.29, 0.717) is 18.2 Å². The topological polar surface area (TPSA) is 86.1 Å². The van der Waals surface area contributed by atoms with E-state index in [0.717, 1.165) is 44.6 Å². The van der Waals surface area contributed by atoms with Gasteiger partial charge in [-0.15, -0.1) is 0 Å². The van der Waals surface area contributed by atoms with E-state index in [1.54, 1.807) is 11.0 Å². The first-order valence-electron chi connectivity index (χ1n) is 13.8. The predicted molar refractivity (Wildman–Crippen MR) is 140 cm³/mol. The quantitative estimate of drug-likeness (QED) is 0.558. The van der Waals surface area contributed by atoms with E-state index in [9.17, 15) is 14.9 Å². The lowest BCUT2D eigenvalue weighted by Crippen LogP contribution is -2.51. The van der Waals surface area contributed by atoms with Gasteiger partial charge in [-0.1, -0.05) is 6.07 Å². The smallest absolute Gasteiger partial charge is 0.411 e. The average Bonchev–Trinajstić information content (AvgIpc) is 3.58. The number of Topliss-reactive ketones (excluding diaryl/α,β-unsaturated/α-hetero) is 1. The number of benzene rings is 1. The Morgan fingerprint density at radius 2 is 2.05 bits per heavy atom. The van der Waals surface area contributed by atoms with Crippen LogP contribution in [0.1, 0.15) is 52.0 Å². The summed E-state index contributed by atoms with van der Waals surface area (Å²) < 4.78 is 26.7. The number of rotatable bonds is 6. The summed E-state index contributed by atoms with van der Waals surface area (Å²) in [6, 6.07) is 7.11. The van der Waals surface area contributed by atoms with Crippen molar-refractivity contribution in [3.05, 3.63) is 29.6 Å². The number of likely N-dealkylation sites (N-methyl/N-ethyl adjacent to an activating group) is 1. The number of carbonyl (C=O) groups excluding carboxylic acids is 2. The molecule has 1 amide bonds. The molecule has 0 N–H and O–H groups in total. The molecule has 6 atom stereocenters. The number of halogens is 1. The Hall–Kier alpha value is -2.70. The number of hydrogen-bond donors (Lipinski definition) is 0. The molecular weight excluding hydrogens is 487 g/mol. The lowest BCUT2D eigenvalue weighted by Gasteiger charge is -2.35. The molecular formula is C29H39FN4O4. The number of likely N-dealkylation sites (tertiary alicyclic amines) is 1. The van der Waals surface area contributed by atoms with E-state index in [2.05, 4.69) is 22.9 Å². The van der Waals surface area contributed by atoms with Crippen molar-refractivity contribution in [3.63, 3.8) is 0 Å². The molecule has 4 aliphatic rings. The van der Waals surface area contributed by atoms with Crippen molar-refractivity contribution in [3.8, 4) is 6.07 Å². The minimum atomic E-state index is -0.667. The fourth-order valence-electron chi connectivity index (χ4n) is 6.74. The Balaban J connectivity index is 1.23. The molecule has 9 heteroatoms. The number of amides is 1. The Bertz CT molecular complexity index is 1110. The van der Waals surface area contributed by atoms with E-state index in [-0.39, 0.29) is 42.5 Å². The van der Waals surface area contributed by atoms with Crippen LogP contribution < -0.4 is 4.90 Å². The van der Waals surface area contributed by atoms with E-state index in [1.807, 2.05) is 26.8 Å². The molecule has 1 aromatic rings. The van der Waals surface area contributed by atoms with E-state index < -0.39 is 23.7 Å². The third-order valence-corrected chi connectivity index (χ3v) is 8.60. The number of morpholine rings is 1. The zero-order valence-corrected chi connectivity index (χ0v) is 22.9. The standard InChI is InChI=1S/C29H39FN4O4/c1-29(2,3)38-28(36)34-22-8-6-20(13-22)27(34)25(35)12-18(15-31)11-19-5-7-21(14-23(19)30)33-16-24-26(17-33)37-10-9-32(24)4/h5,7,14,18,20,22,24,26-27H,6,8-13,16-17H2,1-4H3/t18-,20+,22-,24+,26-,27+/m1/s1. The van der Waals surface area contributed by atoms with Crippen molar-refractivity contribution in [2.75, 3.05) is 38.2 Å². The molecule has 5 rings (SSSR count). The molecule has 8 nitrogen and oxygen atoms in total. The van der Waals surface area contributed by atoms with Crippen LogP contribution in [0.5, 0.6) is 0 Å². The van der Waals surface area contributed by atoms with Crippen molar-refractivity contribution in [1.29, 1.82) is 5.26 Å². The van der Waals surface area contributed by atoms with Crippen LogP contribution in [0.4, 0.5) is 14.9 Å². The normalized spacial score (nSPS) is 29.7. The molecule has 3 saturated heterocycles. The van der Waals surface area contributed by atoms with Gasteiger partial charge in [0.2, 0.25) is 0 Å². The molecule has 0 aromatic heterocycles. The van der Waals surface area contributed by atoms with Gasteiger partial charge in [0.25, 0.3) is 0 Å². The minimum absolute atomic E-state index is 0.00827. The Morgan fingerprint density at radius 3 is 2.74 bits per heavy atom. The van der Waals surface area contributed by atoms with Gasteiger partial charge in [0.05, 0.1) is 36.8 Å². The third-order valence-electron chi connectivity index (χ3n) is 8.60. The predicted octanol–water partition coefficient (Wildman–Crippen LogP) is 3.77. The molecule has 1 aromatic carbocycles. The average molecular weight is 527 g/mol. The van der Waals surface area contributed by atoms with Gasteiger partial charge < -0.3 is 14.4 Å². The number of hydrogen-bond acceptors (Lipinski definition) is 7. The molecule has 1 aliphatic carbocycles. The second-order valence-corrected chi connectivity index (χ2v) is 12.4. The van der Waals surface area contributed by atoms with Gasteiger partial charge in [-0.3, -0.25) is 14.6 Å². The van der Waals surface area contributed by atoms with Gasteiger partial charge in [-0.2, -0.15) is 5.26 Å². The first-order valence-corrected chi connectivity index (χ1v) is 13.8.